The van der Waals surface area contributed by atoms with Crippen molar-refractivity contribution in [3.05, 3.63) is 17.0 Å². The molecule has 0 spiro atoms. The van der Waals surface area contributed by atoms with Gasteiger partial charge >= 0.3 is 5.97 Å². The van der Waals surface area contributed by atoms with E-state index in [-0.39, 0.29) is 5.76 Å². The molecule has 1 N–H and O–H groups in total. The highest BCUT2D eigenvalue weighted by Crippen LogP contribution is 2.31. The van der Waals surface area contributed by atoms with E-state index in [0.717, 1.165) is 17.0 Å². The summed E-state index contributed by atoms with van der Waals surface area (Å²) in [6.45, 7) is 0. The van der Waals surface area contributed by atoms with Gasteiger partial charge in [0.15, 0.2) is 0 Å². The fourth-order valence-electron chi connectivity index (χ4n) is 1.02. The van der Waals surface area contributed by atoms with Gasteiger partial charge in [-0.25, -0.2) is 4.79 Å². The lowest BCUT2D eigenvalue weighted by Gasteiger charge is -1.87. The quantitative estimate of drug-likeness (QED) is 0.685. The van der Waals surface area contributed by atoms with Gasteiger partial charge in [-0.2, -0.15) is 11.8 Å². The number of carboxylic acid groups (broad SMARTS) is 1. The van der Waals surface area contributed by atoms with Crippen LogP contribution in [0, 0.1) is 0 Å². The SMILES string of the molecule is O=C(O)c1onc2c1CSC2. The van der Waals surface area contributed by atoms with Crippen LogP contribution in [0.2, 0.25) is 0 Å². The summed E-state index contributed by atoms with van der Waals surface area (Å²) in [7, 11) is 0. The van der Waals surface area contributed by atoms with Crippen LogP contribution >= 0.6 is 11.8 Å². The third-order valence-corrected chi connectivity index (χ3v) is 2.52. The first-order valence-electron chi connectivity index (χ1n) is 3.07. The lowest BCUT2D eigenvalue weighted by Crippen LogP contribution is -1.96. The molecule has 0 aliphatic carbocycles. The second-order valence-electron chi connectivity index (χ2n) is 2.23. The predicted molar refractivity (Wildman–Crippen MR) is 38.5 cm³/mol. The molecular weight excluding hydrogens is 166 g/mol. The Morgan fingerprint density at radius 3 is 3.18 bits per heavy atom. The van der Waals surface area contributed by atoms with Crippen LogP contribution in [0.1, 0.15) is 21.8 Å². The highest BCUT2D eigenvalue weighted by Gasteiger charge is 2.25. The molecule has 0 aromatic carbocycles. The average Bonchev–Trinajstić information content (AvgIpc) is 2.41. The molecule has 2 heterocycles. The second kappa shape index (κ2) is 2.27. The first-order chi connectivity index (χ1) is 5.29. The maximum Gasteiger partial charge on any atom is 0.375 e. The number of carboxylic acids is 1. The maximum atomic E-state index is 10.5. The largest absolute Gasteiger partial charge is 0.475 e. The molecular formula is C6H5NO3S. The van der Waals surface area contributed by atoms with E-state index >= 15 is 0 Å². The minimum atomic E-state index is -1.03. The van der Waals surface area contributed by atoms with Crippen molar-refractivity contribution in [2.45, 2.75) is 11.5 Å². The van der Waals surface area contributed by atoms with Crippen LogP contribution < -0.4 is 0 Å². The summed E-state index contributed by atoms with van der Waals surface area (Å²) >= 11 is 1.66. The Bertz CT molecular complexity index is 307. The number of nitrogens with zero attached hydrogens (tertiary/aromatic N) is 1. The molecule has 1 aromatic heterocycles. The number of thioether (sulfide) groups is 1. The van der Waals surface area contributed by atoms with Crippen molar-refractivity contribution in [3.63, 3.8) is 0 Å². The Hall–Kier alpha value is -0.970. The van der Waals surface area contributed by atoms with Crippen LogP contribution in [-0.2, 0) is 11.5 Å². The number of carbonyl (C=O) groups is 1. The molecule has 5 heteroatoms. The summed E-state index contributed by atoms with van der Waals surface area (Å²) in [6, 6.07) is 0. The van der Waals surface area contributed by atoms with Crippen LogP contribution in [0.15, 0.2) is 4.52 Å². The molecule has 0 unspecified atom stereocenters. The summed E-state index contributed by atoms with van der Waals surface area (Å²) in [5.74, 6) is 0.457. The smallest absolute Gasteiger partial charge is 0.375 e. The van der Waals surface area contributed by atoms with Gasteiger partial charge in [-0.05, 0) is 0 Å². The van der Waals surface area contributed by atoms with E-state index in [0.29, 0.717) is 5.75 Å². The first-order valence-corrected chi connectivity index (χ1v) is 4.23. The highest BCUT2D eigenvalue weighted by atomic mass is 32.2. The van der Waals surface area contributed by atoms with E-state index < -0.39 is 5.97 Å². The predicted octanol–water partition coefficient (Wildman–Crippen LogP) is 1.12. The Labute approximate surface area is 66.6 Å². The molecule has 0 atom stereocenters. The zero-order chi connectivity index (χ0) is 7.84. The molecule has 0 radical (unpaired) electrons. The van der Waals surface area contributed by atoms with Gasteiger partial charge in [0.25, 0.3) is 0 Å². The molecule has 1 aliphatic rings. The van der Waals surface area contributed by atoms with Gasteiger partial charge in [0.1, 0.15) is 0 Å². The molecule has 1 aromatic rings. The number of hydrogen-bond donors (Lipinski definition) is 1. The van der Waals surface area contributed by atoms with Crippen LogP contribution in [-0.4, -0.2) is 16.2 Å². The molecule has 0 saturated carbocycles. The summed E-state index contributed by atoms with van der Waals surface area (Å²) in [5.41, 5.74) is 1.54. The van der Waals surface area contributed by atoms with Crippen molar-refractivity contribution in [2.75, 3.05) is 0 Å². The molecule has 11 heavy (non-hydrogen) atoms. The molecule has 1 aliphatic heterocycles. The molecule has 0 amide bonds. The summed E-state index contributed by atoms with van der Waals surface area (Å²) < 4.78 is 4.64. The normalized spacial score (nSPS) is 14.9. The zero-order valence-electron chi connectivity index (χ0n) is 5.53. The highest BCUT2D eigenvalue weighted by molar-refractivity contribution is 7.98. The Balaban J connectivity index is 2.50. The monoisotopic (exact) mass is 171 g/mol. The average molecular weight is 171 g/mol. The van der Waals surface area contributed by atoms with Crippen molar-refractivity contribution in [3.8, 4) is 0 Å². The molecule has 4 nitrogen and oxygen atoms in total. The van der Waals surface area contributed by atoms with Crippen molar-refractivity contribution in [1.29, 1.82) is 0 Å². The second-order valence-corrected chi connectivity index (χ2v) is 3.22. The number of aromatic carboxylic acids is 1. The number of aromatic nitrogens is 1. The fraction of sp³-hybridized carbons (Fsp3) is 0.333. The maximum absolute atomic E-state index is 10.5. The summed E-state index contributed by atoms with van der Waals surface area (Å²) in [6.07, 6.45) is 0. The van der Waals surface area contributed by atoms with E-state index in [1.165, 1.54) is 0 Å². The van der Waals surface area contributed by atoms with Gasteiger partial charge in [-0.3, -0.25) is 0 Å². The van der Waals surface area contributed by atoms with E-state index in [2.05, 4.69) is 9.68 Å². The van der Waals surface area contributed by atoms with Crippen molar-refractivity contribution in [2.24, 2.45) is 0 Å². The van der Waals surface area contributed by atoms with Crippen molar-refractivity contribution in [1.82, 2.24) is 5.16 Å². The molecule has 0 saturated heterocycles. The Morgan fingerprint density at radius 2 is 2.45 bits per heavy atom. The van der Waals surface area contributed by atoms with Gasteiger partial charge in [0.2, 0.25) is 5.76 Å². The van der Waals surface area contributed by atoms with Crippen LogP contribution in [0.3, 0.4) is 0 Å². The van der Waals surface area contributed by atoms with Crippen molar-refractivity contribution < 1.29 is 14.4 Å². The third-order valence-electron chi connectivity index (χ3n) is 1.55. The summed E-state index contributed by atoms with van der Waals surface area (Å²) in [5, 5.41) is 12.2. The number of rotatable bonds is 1. The van der Waals surface area contributed by atoms with Crippen LogP contribution in [0.25, 0.3) is 0 Å². The van der Waals surface area contributed by atoms with E-state index in [4.69, 9.17) is 5.11 Å². The first kappa shape index (κ1) is 6.72. The Kier molecular flexibility index (Phi) is 1.38. The van der Waals surface area contributed by atoms with Gasteiger partial charge in [-0.1, -0.05) is 5.16 Å². The van der Waals surface area contributed by atoms with Gasteiger partial charge < -0.3 is 9.63 Å². The van der Waals surface area contributed by atoms with E-state index in [9.17, 15) is 4.79 Å². The van der Waals surface area contributed by atoms with Gasteiger partial charge in [-0.15, -0.1) is 0 Å². The van der Waals surface area contributed by atoms with Crippen molar-refractivity contribution >= 4 is 17.7 Å². The molecule has 58 valence electrons. The lowest BCUT2D eigenvalue weighted by molar-refractivity contribution is 0.0650. The topological polar surface area (TPSA) is 63.3 Å². The lowest BCUT2D eigenvalue weighted by atomic mass is 10.2. The van der Waals surface area contributed by atoms with E-state index in [1.54, 1.807) is 11.8 Å². The number of fused-ring (bicyclic) bond motifs is 1. The minimum absolute atomic E-state index is 0.00463. The molecule has 2 rings (SSSR count). The fourth-order valence-corrected chi connectivity index (χ4v) is 2.05. The van der Waals surface area contributed by atoms with Crippen LogP contribution in [0.5, 0.6) is 0 Å². The molecule has 0 bridgehead atoms. The van der Waals surface area contributed by atoms with Gasteiger partial charge in [0, 0.05) is 17.1 Å². The van der Waals surface area contributed by atoms with Gasteiger partial charge in [0.05, 0.1) is 5.69 Å². The molecule has 0 fully saturated rings. The minimum Gasteiger partial charge on any atom is -0.475 e. The van der Waals surface area contributed by atoms with Crippen LogP contribution in [0.4, 0.5) is 0 Å². The summed E-state index contributed by atoms with van der Waals surface area (Å²) in [4.78, 5) is 10.5. The standard InChI is InChI=1S/C6H5NO3S/c8-6(9)5-3-1-11-2-4(3)7-10-5/h1-2H2,(H,8,9). The third kappa shape index (κ3) is 0.920. The Morgan fingerprint density at radius 1 is 1.64 bits per heavy atom. The number of hydrogen-bond acceptors (Lipinski definition) is 4. The zero-order valence-corrected chi connectivity index (χ0v) is 6.35. The van der Waals surface area contributed by atoms with E-state index in [1.807, 2.05) is 0 Å².